The molecule has 142 valence electrons. The van der Waals surface area contributed by atoms with Gasteiger partial charge >= 0.3 is 0 Å². The van der Waals surface area contributed by atoms with Crippen LogP contribution < -0.4 is 0 Å². The third-order valence-electron chi connectivity index (χ3n) is 4.98. The van der Waals surface area contributed by atoms with Crippen LogP contribution in [0, 0.1) is 18.2 Å². The first-order valence-electron chi connectivity index (χ1n) is 9.56. The molecule has 29 heavy (non-hydrogen) atoms. The number of benzene rings is 3. The SMILES string of the molecule is C#CC(c1cnc2ccccc2c1)N(Cc1ccccc1)Cc1ccc(F)cc1. The standard InChI is InChI=1S/C26H21FN2/c1-2-26(23-16-22-10-6-7-11-25(22)28-17-23)29(18-20-8-4-3-5-9-20)19-21-12-14-24(27)15-13-21/h1,3-17,26H,18-19H2. The summed E-state index contributed by atoms with van der Waals surface area (Å²) < 4.78 is 13.4. The average molecular weight is 380 g/mol. The molecule has 0 spiro atoms. The van der Waals surface area contributed by atoms with Crippen molar-refractivity contribution in [2.75, 3.05) is 0 Å². The molecule has 0 saturated carbocycles. The van der Waals surface area contributed by atoms with Crippen molar-refractivity contribution in [3.05, 3.63) is 114 Å². The molecule has 0 bridgehead atoms. The molecule has 4 rings (SSSR count). The number of halogens is 1. The summed E-state index contributed by atoms with van der Waals surface area (Å²) >= 11 is 0. The number of para-hydroxylation sites is 1. The van der Waals surface area contributed by atoms with Gasteiger partial charge in [-0.2, -0.15) is 0 Å². The van der Waals surface area contributed by atoms with E-state index in [0.29, 0.717) is 13.1 Å². The van der Waals surface area contributed by atoms with Gasteiger partial charge in [0.2, 0.25) is 0 Å². The minimum absolute atomic E-state index is 0.240. The van der Waals surface area contributed by atoms with Gasteiger partial charge < -0.3 is 0 Å². The predicted octanol–water partition coefficient (Wildman–Crippen LogP) is 5.75. The van der Waals surface area contributed by atoms with Crippen molar-refractivity contribution in [3.63, 3.8) is 0 Å². The molecular formula is C26H21FN2. The molecule has 3 heteroatoms. The van der Waals surface area contributed by atoms with Crippen LogP contribution in [0.1, 0.15) is 22.7 Å². The van der Waals surface area contributed by atoms with E-state index >= 15 is 0 Å². The fourth-order valence-corrected chi connectivity index (χ4v) is 3.53. The number of hydrogen-bond acceptors (Lipinski definition) is 2. The highest BCUT2D eigenvalue weighted by molar-refractivity contribution is 5.78. The molecule has 0 aliphatic rings. The van der Waals surface area contributed by atoms with Gasteiger partial charge in [-0.05, 0) is 35.4 Å². The Bertz CT molecular complexity index is 1130. The minimum Gasteiger partial charge on any atom is -0.277 e. The van der Waals surface area contributed by atoms with Crippen LogP contribution in [0.3, 0.4) is 0 Å². The fraction of sp³-hybridized carbons (Fsp3) is 0.115. The number of pyridine rings is 1. The molecule has 4 aromatic rings. The summed E-state index contributed by atoms with van der Waals surface area (Å²) in [5.74, 6) is 2.71. The first-order valence-corrected chi connectivity index (χ1v) is 9.56. The van der Waals surface area contributed by atoms with E-state index < -0.39 is 0 Å². The molecule has 0 saturated heterocycles. The Kier molecular flexibility index (Phi) is 5.65. The third kappa shape index (κ3) is 4.51. The Morgan fingerprint density at radius 3 is 2.24 bits per heavy atom. The highest BCUT2D eigenvalue weighted by atomic mass is 19.1. The van der Waals surface area contributed by atoms with E-state index in [4.69, 9.17) is 6.42 Å². The first kappa shape index (κ1) is 18.9. The smallest absolute Gasteiger partial charge is 0.123 e. The van der Waals surface area contributed by atoms with Crippen LogP contribution in [0.4, 0.5) is 4.39 Å². The summed E-state index contributed by atoms with van der Waals surface area (Å²) in [7, 11) is 0. The van der Waals surface area contributed by atoms with Crippen LogP contribution in [0.5, 0.6) is 0 Å². The number of aromatic nitrogens is 1. The highest BCUT2D eigenvalue weighted by Gasteiger charge is 2.20. The molecule has 0 aliphatic heterocycles. The van der Waals surface area contributed by atoms with E-state index in [0.717, 1.165) is 22.0 Å². The highest BCUT2D eigenvalue weighted by Crippen LogP contribution is 2.26. The number of fused-ring (bicyclic) bond motifs is 1. The monoisotopic (exact) mass is 380 g/mol. The van der Waals surface area contributed by atoms with Crippen molar-refractivity contribution >= 4 is 10.9 Å². The number of nitrogens with zero attached hydrogens (tertiary/aromatic N) is 2. The molecule has 1 unspecified atom stereocenters. The van der Waals surface area contributed by atoms with Crippen molar-refractivity contribution in [3.8, 4) is 12.3 Å². The maximum absolute atomic E-state index is 13.4. The lowest BCUT2D eigenvalue weighted by molar-refractivity contribution is 0.219. The molecule has 0 amide bonds. The van der Waals surface area contributed by atoms with E-state index in [1.807, 2.05) is 48.7 Å². The van der Waals surface area contributed by atoms with Gasteiger partial charge in [0.05, 0.1) is 11.6 Å². The molecular weight excluding hydrogens is 359 g/mol. The molecule has 2 nitrogen and oxygen atoms in total. The van der Waals surface area contributed by atoms with Crippen LogP contribution in [0.15, 0.2) is 91.1 Å². The van der Waals surface area contributed by atoms with Gasteiger partial charge in [0.15, 0.2) is 0 Å². The van der Waals surface area contributed by atoms with Crippen LogP contribution >= 0.6 is 0 Å². The number of hydrogen-bond donors (Lipinski definition) is 0. The molecule has 1 heterocycles. The zero-order chi connectivity index (χ0) is 20.1. The van der Waals surface area contributed by atoms with E-state index in [1.54, 1.807) is 12.1 Å². The second-order valence-corrected chi connectivity index (χ2v) is 7.05. The lowest BCUT2D eigenvalue weighted by atomic mass is 10.0. The molecule has 0 aliphatic carbocycles. The van der Waals surface area contributed by atoms with Crippen molar-refractivity contribution in [1.29, 1.82) is 0 Å². The van der Waals surface area contributed by atoms with E-state index in [-0.39, 0.29) is 11.9 Å². The van der Waals surface area contributed by atoms with Crippen LogP contribution in [-0.4, -0.2) is 9.88 Å². The fourth-order valence-electron chi connectivity index (χ4n) is 3.53. The summed E-state index contributed by atoms with van der Waals surface area (Å²) in [6.07, 6.45) is 7.86. The molecule has 0 fully saturated rings. The van der Waals surface area contributed by atoms with Gasteiger partial charge in [-0.15, -0.1) is 6.42 Å². The summed E-state index contributed by atoms with van der Waals surface area (Å²) in [4.78, 5) is 6.80. The van der Waals surface area contributed by atoms with E-state index in [1.165, 1.54) is 17.7 Å². The zero-order valence-electron chi connectivity index (χ0n) is 16.0. The van der Waals surface area contributed by atoms with Gasteiger partial charge in [-0.1, -0.05) is 66.6 Å². The predicted molar refractivity (Wildman–Crippen MR) is 115 cm³/mol. The van der Waals surface area contributed by atoms with E-state index in [2.05, 4.69) is 34.0 Å². The maximum Gasteiger partial charge on any atom is 0.123 e. The second kappa shape index (κ2) is 8.68. The topological polar surface area (TPSA) is 16.1 Å². The number of rotatable bonds is 6. The lowest BCUT2D eigenvalue weighted by Gasteiger charge is -2.29. The van der Waals surface area contributed by atoms with E-state index in [9.17, 15) is 4.39 Å². The minimum atomic E-state index is -0.252. The van der Waals surface area contributed by atoms with Gasteiger partial charge in [-0.3, -0.25) is 9.88 Å². The van der Waals surface area contributed by atoms with Crippen molar-refractivity contribution < 1.29 is 4.39 Å². The zero-order valence-corrected chi connectivity index (χ0v) is 16.0. The van der Waals surface area contributed by atoms with Crippen molar-refractivity contribution in [2.24, 2.45) is 0 Å². The van der Waals surface area contributed by atoms with Gasteiger partial charge in [0, 0.05) is 30.2 Å². The van der Waals surface area contributed by atoms with Crippen molar-refractivity contribution in [1.82, 2.24) is 9.88 Å². The molecule has 0 N–H and O–H groups in total. The summed E-state index contributed by atoms with van der Waals surface area (Å²) in [6.45, 7) is 1.29. The normalized spacial score (nSPS) is 12.0. The van der Waals surface area contributed by atoms with Gasteiger partial charge in [-0.25, -0.2) is 4.39 Å². The van der Waals surface area contributed by atoms with Gasteiger partial charge in [0.1, 0.15) is 5.82 Å². The first-order chi connectivity index (χ1) is 14.2. The van der Waals surface area contributed by atoms with Crippen molar-refractivity contribution in [2.45, 2.75) is 19.1 Å². The Balaban J connectivity index is 1.69. The summed E-state index contributed by atoms with van der Waals surface area (Å²) in [5, 5.41) is 1.06. The quantitative estimate of drug-likeness (QED) is 0.396. The Morgan fingerprint density at radius 2 is 1.52 bits per heavy atom. The maximum atomic E-state index is 13.4. The van der Waals surface area contributed by atoms with Crippen LogP contribution in [0.2, 0.25) is 0 Å². The molecule has 1 atom stereocenters. The summed E-state index contributed by atoms with van der Waals surface area (Å²) in [6, 6.07) is 26.7. The van der Waals surface area contributed by atoms with Crippen LogP contribution in [0.25, 0.3) is 10.9 Å². The summed E-state index contributed by atoms with van der Waals surface area (Å²) in [5.41, 5.74) is 4.10. The Hall–Kier alpha value is -3.48. The molecule has 0 radical (unpaired) electrons. The molecule has 1 aromatic heterocycles. The Labute approximate surface area is 170 Å². The average Bonchev–Trinajstić information content (AvgIpc) is 2.76. The molecule has 3 aromatic carbocycles. The van der Waals surface area contributed by atoms with Crippen LogP contribution in [-0.2, 0) is 13.1 Å². The van der Waals surface area contributed by atoms with Gasteiger partial charge in [0.25, 0.3) is 0 Å². The Morgan fingerprint density at radius 1 is 0.862 bits per heavy atom. The second-order valence-electron chi connectivity index (χ2n) is 7.05. The third-order valence-corrected chi connectivity index (χ3v) is 4.98. The lowest BCUT2D eigenvalue weighted by Crippen LogP contribution is -2.27. The largest absolute Gasteiger partial charge is 0.277 e. The number of terminal acetylenes is 1.